The van der Waals surface area contributed by atoms with Crippen LogP contribution in [0, 0.1) is 0 Å². The Kier molecular flexibility index (Phi) is 6.47. The van der Waals surface area contributed by atoms with Gasteiger partial charge in [0.15, 0.2) is 0 Å². The van der Waals surface area contributed by atoms with Crippen molar-refractivity contribution >= 4 is 11.9 Å². The number of carbonyl (C=O) groups excluding carboxylic acids is 2. The molecule has 2 aromatic rings. The second-order valence-corrected chi connectivity index (χ2v) is 5.88. The van der Waals surface area contributed by atoms with Crippen LogP contribution in [0.5, 0.6) is 5.75 Å². The van der Waals surface area contributed by atoms with E-state index in [2.05, 4.69) is 18.6 Å². The summed E-state index contributed by atoms with van der Waals surface area (Å²) in [5.41, 5.74) is 6.28. The van der Waals surface area contributed by atoms with Gasteiger partial charge in [-0.05, 0) is 42.7 Å². The lowest BCUT2D eigenvalue weighted by Gasteiger charge is -2.08. The molecule has 5 heteroatoms. The molecule has 0 aliphatic rings. The smallest absolute Gasteiger partial charge is 0.351 e. The van der Waals surface area contributed by atoms with E-state index in [0.29, 0.717) is 23.4 Å². The fourth-order valence-corrected chi connectivity index (χ4v) is 2.00. The first-order valence-corrected chi connectivity index (χ1v) is 8.03. The summed E-state index contributed by atoms with van der Waals surface area (Å²) in [5.74, 6) is -0.446. The van der Waals surface area contributed by atoms with E-state index in [9.17, 15) is 9.59 Å². The van der Waals surface area contributed by atoms with Gasteiger partial charge in [0.1, 0.15) is 5.75 Å². The first-order valence-electron chi connectivity index (χ1n) is 8.03. The number of benzene rings is 2. The zero-order valence-corrected chi connectivity index (χ0v) is 14.9. The van der Waals surface area contributed by atoms with E-state index < -0.39 is 11.9 Å². The van der Waals surface area contributed by atoms with Crippen LogP contribution < -0.4 is 10.2 Å². The van der Waals surface area contributed by atoms with Gasteiger partial charge in [-0.25, -0.2) is 9.59 Å². The predicted octanol–water partition coefficient (Wildman–Crippen LogP) is 3.96. The van der Waals surface area contributed by atoms with E-state index in [4.69, 9.17) is 9.57 Å². The number of hydrogen-bond acceptors (Lipinski definition) is 5. The third kappa shape index (κ3) is 5.43. The molecule has 0 saturated carbocycles. The van der Waals surface area contributed by atoms with Gasteiger partial charge in [-0.15, -0.1) is 5.48 Å². The number of hydroxylamine groups is 1. The van der Waals surface area contributed by atoms with Gasteiger partial charge in [0, 0.05) is 11.1 Å². The highest BCUT2D eigenvalue weighted by atomic mass is 16.7. The van der Waals surface area contributed by atoms with E-state index in [1.54, 1.807) is 26.0 Å². The van der Waals surface area contributed by atoms with E-state index in [-0.39, 0.29) is 0 Å². The van der Waals surface area contributed by atoms with Crippen LogP contribution in [0.15, 0.2) is 72.8 Å². The van der Waals surface area contributed by atoms with Gasteiger partial charge in [0.2, 0.25) is 0 Å². The summed E-state index contributed by atoms with van der Waals surface area (Å²) in [6.07, 6.45) is 0. The van der Waals surface area contributed by atoms with Crippen LogP contribution in [0.25, 0.3) is 11.1 Å². The molecule has 0 amide bonds. The molecule has 0 radical (unpaired) electrons. The van der Waals surface area contributed by atoms with Crippen LogP contribution in [-0.2, 0) is 21.0 Å². The molecule has 0 spiro atoms. The fourth-order valence-electron chi connectivity index (χ4n) is 2.00. The molecule has 134 valence electrons. The van der Waals surface area contributed by atoms with Crippen molar-refractivity contribution in [2.75, 3.05) is 0 Å². The largest absolute Gasteiger partial charge is 0.423 e. The summed E-state index contributed by atoms with van der Waals surface area (Å²) in [7, 11) is 0. The molecule has 0 fully saturated rings. The number of rotatable bonds is 7. The maximum atomic E-state index is 11.5. The van der Waals surface area contributed by atoms with E-state index in [1.807, 2.05) is 36.4 Å². The Balaban J connectivity index is 1.95. The first kappa shape index (κ1) is 19.1. The standard InChI is InChI=1S/C21H21NO4/c1-14(2)20(23)25-19-11-9-18(10-12-19)17-7-5-16(6-8-17)13-22-26-21(24)15(3)4/h5-12,22H,1,3,13H2,2,4H3. The molecule has 0 saturated heterocycles. The van der Waals surface area contributed by atoms with Gasteiger partial charge in [-0.2, -0.15) is 0 Å². The van der Waals surface area contributed by atoms with E-state index in [1.165, 1.54) is 0 Å². The molecule has 2 aromatic carbocycles. The minimum atomic E-state index is -0.478. The lowest BCUT2D eigenvalue weighted by molar-refractivity contribution is -0.146. The highest BCUT2D eigenvalue weighted by Gasteiger charge is 2.06. The van der Waals surface area contributed by atoms with Crippen molar-refractivity contribution in [2.45, 2.75) is 20.4 Å². The van der Waals surface area contributed by atoms with Crippen molar-refractivity contribution in [3.05, 3.63) is 78.4 Å². The van der Waals surface area contributed by atoms with Gasteiger partial charge in [-0.1, -0.05) is 49.6 Å². The average Bonchev–Trinajstić information content (AvgIpc) is 2.62. The lowest BCUT2D eigenvalue weighted by atomic mass is 10.0. The summed E-state index contributed by atoms with van der Waals surface area (Å²) in [4.78, 5) is 27.6. The molecule has 0 aliphatic heterocycles. The number of carbonyl (C=O) groups is 2. The Labute approximate surface area is 152 Å². The molecule has 0 aromatic heterocycles. The van der Waals surface area contributed by atoms with Gasteiger partial charge in [0.25, 0.3) is 0 Å². The minimum absolute atomic E-state index is 0.338. The maximum absolute atomic E-state index is 11.5. The molecular weight excluding hydrogens is 330 g/mol. The van der Waals surface area contributed by atoms with Crippen LogP contribution in [-0.4, -0.2) is 11.9 Å². The summed E-state index contributed by atoms with van der Waals surface area (Å²) < 4.78 is 5.17. The van der Waals surface area contributed by atoms with Crippen molar-refractivity contribution in [1.82, 2.24) is 5.48 Å². The molecule has 0 atom stereocenters. The Morgan fingerprint density at radius 1 is 0.846 bits per heavy atom. The molecule has 0 unspecified atom stereocenters. The monoisotopic (exact) mass is 351 g/mol. The van der Waals surface area contributed by atoms with Gasteiger partial charge in [0.05, 0.1) is 6.54 Å². The summed E-state index contributed by atoms with van der Waals surface area (Å²) in [5, 5.41) is 0. The zero-order valence-electron chi connectivity index (χ0n) is 14.9. The van der Waals surface area contributed by atoms with E-state index >= 15 is 0 Å². The second-order valence-electron chi connectivity index (χ2n) is 5.88. The predicted molar refractivity (Wildman–Crippen MR) is 100 cm³/mol. The molecule has 5 nitrogen and oxygen atoms in total. The lowest BCUT2D eigenvalue weighted by Crippen LogP contribution is -2.19. The molecule has 2 rings (SSSR count). The highest BCUT2D eigenvalue weighted by Crippen LogP contribution is 2.23. The normalized spacial score (nSPS) is 10.1. The average molecular weight is 351 g/mol. The molecule has 26 heavy (non-hydrogen) atoms. The Bertz CT molecular complexity index is 820. The van der Waals surface area contributed by atoms with Gasteiger partial charge in [-0.3, -0.25) is 0 Å². The van der Waals surface area contributed by atoms with E-state index in [0.717, 1.165) is 16.7 Å². The minimum Gasteiger partial charge on any atom is -0.423 e. The highest BCUT2D eigenvalue weighted by molar-refractivity contribution is 5.88. The van der Waals surface area contributed by atoms with Crippen molar-refractivity contribution < 1.29 is 19.2 Å². The van der Waals surface area contributed by atoms with Crippen molar-refractivity contribution in [2.24, 2.45) is 0 Å². The Morgan fingerprint density at radius 3 is 1.85 bits per heavy atom. The second kappa shape index (κ2) is 8.78. The summed E-state index contributed by atoms with van der Waals surface area (Å²) in [6, 6.07) is 15.0. The Morgan fingerprint density at radius 2 is 1.35 bits per heavy atom. The quantitative estimate of drug-likeness (QED) is 0.354. The zero-order chi connectivity index (χ0) is 19.1. The number of ether oxygens (including phenoxy) is 1. The SMILES string of the molecule is C=C(C)C(=O)ONCc1ccc(-c2ccc(OC(=O)C(=C)C)cc2)cc1. The molecule has 0 bridgehead atoms. The van der Waals surface area contributed by atoms with Crippen molar-refractivity contribution in [3.8, 4) is 16.9 Å². The third-order valence-electron chi connectivity index (χ3n) is 3.49. The number of nitrogens with one attached hydrogen (secondary N) is 1. The number of esters is 1. The molecule has 0 heterocycles. The number of hydrogen-bond donors (Lipinski definition) is 1. The van der Waals surface area contributed by atoms with Gasteiger partial charge >= 0.3 is 11.9 Å². The topological polar surface area (TPSA) is 64.6 Å². The van der Waals surface area contributed by atoms with Crippen LogP contribution in [0.4, 0.5) is 0 Å². The Hall–Kier alpha value is -3.18. The molecule has 0 aliphatic carbocycles. The first-order chi connectivity index (χ1) is 12.4. The fraction of sp³-hybridized carbons (Fsp3) is 0.143. The van der Waals surface area contributed by atoms with Gasteiger partial charge < -0.3 is 9.57 Å². The van der Waals surface area contributed by atoms with Crippen molar-refractivity contribution in [1.29, 1.82) is 0 Å². The molecule has 1 N–H and O–H groups in total. The van der Waals surface area contributed by atoms with Crippen LogP contribution in [0.1, 0.15) is 19.4 Å². The van der Waals surface area contributed by atoms with Crippen LogP contribution in [0.3, 0.4) is 0 Å². The van der Waals surface area contributed by atoms with Crippen LogP contribution >= 0.6 is 0 Å². The molecular formula is C21H21NO4. The maximum Gasteiger partial charge on any atom is 0.351 e. The summed E-state index contributed by atoms with van der Waals surface area (Å²) in [6.45, 7) is 10.7. The third-order valence-corrected chi connectivity index (χ3v) is 3.49. The van der Waals surface area contributed by atoms with Crippen molar-refractivity contribution in [3.63, 3.8) is 0 Å². The summed E-state index contributed by atoms with van der Waals surface area (Å²) >= 11 is 0. The van der Waals surface area contributed by atoms with Crippen LogP contribution in [0.2, 0.25) is 0 Å².